The molecule has 11 heteroatoms. The summed E-state index contributed by atoms with van der Waals surface area (Å²) in [5.74, 6) is 0.682. The van der Waals surface area contributed by atoms with Gasteiger partial charge in [0, 0.05) is 38.0 Å². The van der Waals surface area contributed by atoms with Crippen LogP contribution in [0.4, 0.5) is 26.8 Å². The minimum atomic E-state index is -0.847. The van der Waals surface area contributed by atoms with Crippen molar-refractivity contribution in [2.75, 3.05) is 54.6 Å². The summed E-state index contributed by atoms with van der Waals surface area (Å²) >= 11 is 0. The summed E-state index contributed by atoms with van der Waals surface area (Å²) < 4.78 is 27.9. The Bertz CT molecular complexity index is 1200. The Labute approximate surface area is 247 Å². The summed E-state index contributed by atoms with van der Waals surface area (Å²) in [6.07, 6.45) is 2.59. The van der Waals surface area contributed by atoms with E-state index in [0.717, 1.165) is 60.8 Å². The molecule has 11 nitrogen and oxygen atoms in total. The van der Waals surface area contributed by atoms with Crippen LogP contribution in [0, 0.1) is 0 Å². The minimum Gasteiger partial charge on any atom is -0.445 e. The quantitative estimate of drug-likeness (QED) is 0.353. The van der Waals surface area contributed by atoms with Crippen molar-refractivity contribution in [2.24, 2.45) is 0 Å². The molecule has 0 saturated carbocycles. The maximum atomic E-state index is 13.0. The highest BCUT2D eigenvalue weighted by atomic mass is 16.7. The number of nitrogens with one attached hydrogen (secondary N) is 1. The monoisotopic (exact) mass is 582 g/mol. The van der Waals surface area contributed by atoms with Crippen molar-refractivity contribution in [3.05, 3.63) is 60.3 Å². The van der Waals surface area contributed by atoms with E-state index in [1.165, 1.54) is 6.08 Å². The van der Waals surface area contributed by atoms with Gasteiger partial charge in [0.1, 0.15) is 18.0 Å². The number of carbonyl (C=O) groups is 2. The van der Waals surface area contributed by atoms with Gasteiger partial charge in [0.25, 0.3) is 0 Å². The van der Waals surface area contributed by atoms with E-state index >= 15 is 0 Å². The molecule has 0 radical (unpaired) electrons. The number of hydrogen-bond acceptors (Lipinski definition) is 10. The molecule has 0 bridgehead atoms. The first-order valence-corrected chi connectivity index (χ1v) is 14.4. The van der Waals surface area contributed by atoms with Gasteiger partial charge in [-0.2, -0.15) is 4.90 Å². The topological polar surface area (TPSA) is 112 Å². The number of pyridine rings is 1. The van der Waals surface area contributed by atoms with Gasteiger partial charge in [-0.1, -0.05) is 24.8 Å². The molecule has 2 amide bonds. The fourth-order valence-electron chi connectivity index (χ4n) is 4.55. The lowest BCUT2D eigenvalue weighted by atomic mass is 10.2. The molecule has 4 rings (SSSR count). The SMILES string of the molecule is C=CCOC(=O)N(C(=O)OC(C)(C)C)c1cccc(CNc2cc(N3CCOCC3)cc(COC3CCCCO3)n2)c1. The Hall–Kier alpha value is -3.67. The second-order valence-electron chi connectivity index (χ2n) is 11.1. The number of anilines is 3. The first-order valence-electron chi connectivity index (χ1n) is 14.4. The van der Waals surface area contributed by atoms with Crippen LogP contribution in [0.15, 0.2) is 49.1 Å². The third-order valence-corrected chi connectivity index (χ3v) is 6.52. The lowest BCUT2D eigenvalue weighted by Crippen LogP contribution is -2.41. The second kappa shape index (κ2) is 15.0. The first-order chi connectivity index (χ1) is 20.2. The predicted molar refractivity (Wildman–Crippen MR) is 160 cm³/mol. The van der Waals surface area contributed by atoms with Crippen molar-refractivity contribution < 1.29 is 33.3 Å². The normalized spacial score (nSPS) is 17.3. The van der Waals surface area contributed by atoms with Gasteiger partial charge in [-0.15, -0.1) is 0 Å². The van der Waals surface area contributed by atoms with Crippen molar-refractivity contribution in [3.8, 4) is 0 Å². The van der Waals surface area contributed by atoms with Crippen LogP contribution in [0.2, 0.25) is 0 Å². The zero-order valence-electron chi connectivity index (χ0n) is 24.8. The molecule has 2 saturated heterocycles. The van der Waals surface area contributed by atoms with E-state index in [4.69, 9.17) is 28.7 Å². The van der Waals surface area contributed by atoms with E-state index in [0.29, 0.717) is 37.9 Å². The number of carbonyl (C=O) groups excluding carboxylic acids is 2. The van der Waals surface area contributed by atoms with E-state index < -0.39 is 17.8 Å². The molecular formula is C31H42N4O7. The number of rotatable bonds is 10. The van der Waals surface area contributed by atoms with E-state index in [9.17, 15) is 9.59 Å². The van der Waals surface area contributed by atoms with Crippen molar-refractivity contribution in [1.82, 2.24) is 4.98 Å². The number of amides is 2. The lowest BCUT2D eigenvalue weighted by Gasteiger charge is -2.29. The maximum absolute atomic E-state index is 13.0. The maximum Gasteiger partial charge on any atom is 0.424 e. The zero-order valence-corrected chi connectivity index (χ0v) is 24.8. The van der Waals surface area contributed by atoms with Crippen molar-refractivity contribution >= 4 is 29.4 Å². The van der Waals surface area contributed by atoms with Crippen LogP contribution in [0.1, 0.15) is 51.3 Å². The Morgan fingerprint density at radius 2 is 1.95 bits per heavy atom. The van der Waals surface area contributed by atoms with Crippen LogP contribution in [0.5, 0.6) is 0 Å². The van der Waals surface area contributed by atoms with Gasteiger partial charge in [-0.25, -0.2) is 14.6 Å². The van der Waals surface area contributed by atoms with Crippen molar-refractivity contribution in [1.29, 1.82) is 0 Å². The highest BCUT2D eigenvalue weighted by molar-refractivity contribution is 6.09. The van der Waals surface area contributed by atoms with Gasteiger partial charge < -0.3 is 33.9 Å². The third kappa shape index (κ3) is 9.43. The number of ether oxygens (including phenoxy) is 5. The molecule has 1 atom stereocenters. The summed E-state index contributed by atoms with van der Waals surface area (Å²) in [5, 5.41) is 3.40. The number of hydrogen-bond donors (Lipinski definition) is 1. The molecule has 0 spiro atoms. The number of imide groups is 1. The number of morpholine rings is 1. The molecule has 2 aromatic rings. The van der Waals surface area contributed by atoms with Gasteiger partial charge in [0.2, 0.25) is 0 Å². The molecule has 2 aliphatic rings. The van der Waals surface area contributed by atoms with Crippen molar-refractivity contribution in [3.63, 3.8) is 0 Å². The molecule has 1 unspecified atom stereocenters. The average Bonchev–Trinajstić information content (AvgIpc) is 2.98. The van der Waals surface area contributed by atoms with Crippen molar-refractivity contribution in [2.45, 2.75) is 65.1 Å². The van der Waals surface area contributed by atoms with Crippen LogP contribution < -0.4 is 15.1 Å². The summed E-state index contributed by atoms with van der Waals surface area (Å²) in [7, 11) is 0. The Kier molecular flexibility index (Phi) is 11.2. The molecule has 1 aromatic carbocycles. The number of aromatic nitrogens is 1. The van der Waals surface area contributed by atoms with Crippen LogP contribution in [0.3, 0.4) is 0 Å². The molecule has 228 valence electrons. The number of benzene rings is 1. The molecular weight excluding hydrogens is 540 g/mol. The smallest absolute Gasteiger partial charge is 0.424 e. The average molecular weight is 583 g/mol. The highest BCUT2D eigenvalue weighted by Crippen LogP contribution is 2.25. The summed E-state index contributed by atoms with van der Waals surface area (Å²) in [6.45, 7) is 13.1. The van der Waals surface area contributed by atoms with E-state index in [-0.39, 0.29) is 12.9 Å². The molecule has 3 heterocycles. The van der Waals surface area contributed by atoms with Crippen LogP contribution in [-0.2, 0) is 36.8 Å². The molecule has 1 aromatic heterocycles. The Morgan fingerprint density at radius 3 is 2.67 bits per heavy atom. The summed E-state index contributed by atoms with van der Waals surface area (Å²) in [5.41, 5.74) is 2.19. The third-order valence-electron chi connectivity index (χ3n) is 6.52. The lowest BCUT2D eigenvalue weighted by molar-refractivity contribution is -0.169. The van der Waals surface area contributed by atoms with Gasteiger partial charge >= 0.3 is 12.2 Å². The largest absolute Gasteiger partial charge is 0.445 e. The van der Waals surface area contributed by atoms with E-state index in [2.05, 4.69) is 16.8 Å². The second-order valence-corrected chi connectivity index (χ2v) is 11.1. The number of nitrogens with zero attached hydrogens (tertiary/aromatic N) is 3. The van der Waals surface area contributed by atoms with Gasteiger partial charge in [0.15, 0.2) is 6.29 Å². The fraction of sp³-hybridized carbons (Fsp3) is 0.516. The van der Waals surface area contributed by atoms with Crippen LogP contribution >= 0.6 is 0 Å². The van der Waals surface area contributed by atoms with E-state index in [1.807, 2.05) is 18.2 Å². The molecule has 1 N–H and O–H groups in total. The molecule has 2 aliphatic heterocycles. The van der Waals surface area contributed by atoms with Gasteiger partial charge in [-0.3, -0.25) is 0 Å². The highest BCUT2D eigenvalue weighted by Gasteiger charge is 2.30. The van der Waals surface area contributed by atoms with Gasteiger partial charge in [-0.05, 0) is 63.8 Å². The standard InChI is InChI=1S/C31H42N4O7/c1-5-14-40-29(36)35(30(37)42-31(2,3)4)25-10-8-9-23(18-25)21-32-27-20-26(34-12-16-38-17-13-34)19-24(33-27)22-41-28-11-6-7-15-39-28/h5,8-10,18-20,28H,1,6-7,11-17,21-22H2,2-4H3,(H,32,33). The Morgan fingerprint density at radius 1 is 1.14 bits per heavy atom. The fourth-order valence-corrected chi connectivity index (χ4v) is 4.55. The van der Waals surface area contributed by atoms with Gasteiger partial charge in [0.05, 0.1) is 31.2 Å². The summed E-state index contributed by atoms with van der Waals surface area (Å²) in [6, 6.07) is 11.1. The van der Waals surface area contributed by atoms with E-state index in [1.54, 1.807) is 39.0 Å². The Balaban J connectivity index is 1.51. The predicted octanol–water partition coefficient (Wildman–Crippen LogP) is 5.64. The molecule has 0 aliphatic carbocycles. The zero-order chi connectivity index (χ0) is 30.0. The summed E-state index contributed by atoms with van der Waals surface area (Å²) in [4.78, 5) is 33.7. The molecule has 2 fully saturated rings. The van der Waals surface area contributed by atoms with Crippen LogP contribution in [0.25, 0.3) is 0 Å². The first kappa shape index (κ1) is 31.3. The minimum absolute atomic E-state index is 0.0382. The molecule has 42 heavy (non-hydrogen) atoms. The van der Waals surface area contributed by atoms with Crippen LogP contribution in [-0.4, -0.2) is 68.6 Å².